The predicted octanol–water partition coefficient (Wildman–Crippen LogP) is 14.3. The molecule has 0 bridgehead atoms. The fraction of sp³-hybridized carbons (Fsp3) is 0.459. The van der Waals surface area contributed by atoms with Crippen molar-refractivity contribution in [2.75, 3.05) is 39.3 Å². The van der Waals surface area contributed by atoms with E-state index in [-0.39, 0.29) is 45.5 Å². The number of aromatic nitrogens is 2. The van der Waals surface area contributed by atoms with Gasteiger partial charge in [-0.2, -0.15) is 5.10 Å². The molecular weight excluding hydrogens is 942 g/mol. The van der Waals surface area contributed by atoms with Gasteiger partial charge in [-0.15, -0.1) is 0 Å². The summed E-state index contributed by atoms with van der Waals surface area (Å²) in [4.78, 5) is 5.08. The van der Waals surface area contributed by atoms with E-state index in [2.05, 4.69) is 65.6 Å². The standard InChI is InChI=1S/C34H47F2N5.C25H22ClF2N.C2H7N/c1-22-10-11-28(23(2)37-22)33-29-20-30(35)31(32(36)34(29)39(4)38-33)27-14-16-40(17-15-27)21-25-12-18-41(19-13-25)24(3)26-8-6-5-7-9-26;1-13-9-10-18(15(3)29)22(25(13)28)23-21-14(2)19(16-7-5-4-6-8-16)11-17(21)12-20(27)24(23)26;1-2-3/h20,25-28,37H,1-3,5-19,21H2,4H3;4-10,12,14,19H,3,11,29H2,1-2H3;2-3H2,1H3/t;14-,19?;/m.1./s1. The first kappa shape index (κ1) is 53.9. The number of likely N-dealkylation sites (tertiary alicyclic amines) is 2. The molecule has 1 saturated carbocycles. The summed E-state index contributed by atoms with van der Waals surface area (Å²) in [5, 5.41) is 8.35. The number of halogens is 5. The average molecular weight is 1020 g/mol. The molecule has 390 valence electrons. The van der Waals surface area contributed by atoms with Crippen LogP contribution in [0.5, 0.6) is 0 Å². The zero-order chi connectivity index (χ0) is 52.2. The van der Waals surface area contributed by atoms with Crippen LogP contribution in [-0.2, 0) is 13.5 Å². The maximum absolute atomic E-state index is 16.0. The Balaban J connectivity index is 0.000000195. The first-order valence-corrected chi connectivity index (χ1v) is 27.0. The van der Waals surface area contributed by atoms with Crippen molar-refractivity contribution in [1.29, 1.82) is 0 Å². The quantitative estimate of drug-likeness (QED) is 0.128. The van der Waals surface area contributed by atoms with Crippen LogP contribution in [0.2, 0.25) is 5.02 Å². The number of benzene rings is 4. The maximum Gasteiger partial charge on any atom is 0.155 e. The van der Waals surface area contributed by atoms with Crippen LogP contribution in [0, 0.1) is 42.0 Å². The summed E-state index contributed by atoms with van der Waals surface area (Å²) in [6, 6.07) is 16.5. The van der Waals surface area contributed by atoms with Gasteiger partial charge in [0.15, 0.2) is 5.82 Å². The molecule has 2 aliphatic carbocycles. The lowest BCUT2D eigenvalue weighted by atomic mass is 9.84. The number of nitrogens with zero attached hydrogens (tertiary/aromatic N) is 4. The number of nitrogens with one attached hydrogen (secondary N) is 1. The summed E-state index contributed by atoms with van der Waals surface area (Å²) < 4.78 is 63.5. The Hall–Kier alpha value is -5.36. The zero-order valence-corrected chi connectivity index (χ0v) is 44.3. The Kier molecular flexibility index (Phi) is 17.3. The number of piperidine rings is 3. The van der Waals surface area contributed by atoms with E-state index in [1.54, 1.807) is 30.8 Å². The average Bonchev–Trinajstić information content (AvgIpc) is 3.88. The van der Waals surface area contributed by atoms with Crippen molar-refractivity contribution >= 4 is 28.2 Å². The first-order valence-electron chi connectivity index (χ1n) is 26.7. The van der Waals surface area contributed by atoms with Crippen molar-refractivity contribution in [2.24, 2.45) is 30.4 Å². The van der Waals surface area contributed by atoms with Gasteiger partial charge in [0.05, 0.1) is 10.7 Å². The van der Waals surface area contributed by atoms with E-state index in [9.17, 15) is 4.39 Å². The van der Waals surface area contributed by atoms with Crippen molar-refractivity contribution in [2.45, 2.75) is 121 Å². The Morgan fingerprint density at radius 2 is 1.51 bits per heavy atom. The summed E-state index contributed by atoms with van der Waals surface area (Å²) in [5.74, 6) is -0.466. The molecule has 5 aromatic rings. The Bertz CT molecular complexity index is 2830. The van der Waals surface area contributed by atoms with Crippen LogP contribution in [0.3, 0.4) is 0 Å². The van der Waals surface area contributed by atoms with Crippen LogP contribution >= 0.6 is 11.6 Å². The third-order valence-electron chi connectivity index (χ3n) is 16.5. The molecule has 4 aromatic carbocycles. The maximum atomic E-state index is 16.0. The highest BCUT2D eigenvalue weighted by atomic mass is 35.5. The van der Waals surface area contributed by atoms with Crippen molar-refractivity contribution in [3.8, 4) is 11.1 Å². The van der Waals surface area contributed by atoms with Gasteiger partial charge in [-0.1, -0.05) is 113 Å². The summed E-state index contributed by atoms with van der Waals surface area (Å²) in [6.45, 7) is 27.9. The van der Waals surface area contributed by atoms with Crippen LogP contribution in [-0.4, -0.2) is 58.8 Å². The Morgan fingerprint density at radius 3 is 2.15 bits per heavy atom. The number of hydrogen-bond donors (Lipinski definition) is 3. The number of rotatable bonds is 9. The van der Waals surface area contributed by atoms with E-state index in [1.807, 2.05) is 25.1 Å². The Labute approximate surface area is 436 Å². The van der Waals surface area contributed by atoms with Crippen LogP contribution in [0.15, 0.2) is 98.0 Å². The summed E-state index contributed by atoms with van der Waals surface area (Å²) in [7, 11) is 1.76. The van der Waals surface area contributed by atoms with E-state index in [1.165, 1.54) is 68.3 Å². The minimum absolute atomic E-state index is 0.0410. The molecule has 0 spiro atoms. The largest absolute Gasteiger partial charge is 0.399 e. The van der Waals surface area contributed by atoms with Crippen molar-refractivity contribution < 1.29 is 17.6 Å². The van der Waals surface area contributed by atoms with Gasteiger partial charge < -0.3 is 26.6 Å². The summed E-state index contributed by atoms with van der Waals surface area (Å²) in [5.41, 5.74) is 19.9. The second-order valence-electron chi connectivity index (χ2n) is 21.4. The molecule has 0 radical (unpaired) electrons. The number of nitrogens with two attached hydrogens (primary N) is 2. The molecule has 4 heterocycles. The van der Waals surface area contributed by atoms with Crippen molar-refractivity contribution in [1.82, 2.24) is 24.9 Å². The normalized spacial score (nSPS) is 21.0. The van der Waals surface area contributed by atoms with Gasteiger partial charge in [0.1, 0.15) is 23.0 Å². The minimum Gasteiger partial charge on any atom is -0.399 e. The van der Waals surface area contributed by atoms with Crippen LogP contribution in [0.4, 0.5) is 17.6 Å². The van der Waals surface area contributed by atoms with E-state index in [0.717, 1.165) is 87.5 Å². The SMILES string of the molecule is C=C(N)c1ccc(C)c(F)c1-c1c(Cl)c(F)cc2c1[C@H](C)C(c1ccccc1)C2.C=C1CCC(c2nn(C)c3c(F)c(C4CCN(CC5CCN(C(=C)C6CCCCC6)CC5)CC4)c(F)cc23)C(=C)N1.CCN. The molecule has 0 amide bonds. The lowest BCUT2D eigenvalue weighted by Crippen LogP contribution is -2.41. The van der Waals surface area contributed by atoms with Gasteiger partial charge in [0.2, 0.25) is 0 Å². The second kappa shape index (κ2) is 23.5. The van der Waals surface area contributed by atoms with Crippen LogP contribution in [0.1, 0.15) is 147 Å². The summed E-state index contributed by atoms with van der Waals surface area (Å²) in [6.07, 6.45) is 13.0. The zero-order valence-electron chi connectivity index (χ0n) is 43.5. The summed E-state index contributed by atoms with van der Waals surface area (Å²) >= 11 is 6.46. The molecule has 73 heavy (non-hydrogen) atoms. The monoisotopic (exact) mass is 1020 g/mol. The fourth-order valence-corrected chi connectivity index (χ4v) is 12.9. The van der Waals surface area contributed by atoms with E-state index in [0.29, 0.717) is 51.5 Å². The third-order valence-corrected chi connectivity index (χ3v) is 16.9. The molecule has 12 heteroatoms. The smallest absolute Gasteiger partial charge is 0.155 e. The molecule has 1 aromatic heterocycles. The highest BCUT2D eigenvalue weighted by Gasteiger charge is 2.37. The third kappa shape index (κ3) is 11.3. The topological polar surface area (TPSA) is 88.4 Å². The lowest BCUT2D eigenvalue weighted by Gasteiger charge is -2.41. The molecule has 3 aliphatic heterocycles. The number of aryl methyl sites for hydroxylation is 2. The molecule has 5 aliphatic rings. The van der Waals surface area contributed by atoms with Crippen molar-refractivity contribution in [3.63, 3.8) is 0 Å². The molecule has 3 atom stereocenters. The van der Waals surface area contributed by atoms with Gasteiger partial charge >= 0.3 is 0 Å². The molecule has 3 saturated heterocycles. The van der Waals surface area contributed by atoms with Crippen LogP contribution in [0.25, 0.3) is 27.7 Å². The lowest BCUT2D eigenvalue weighted by molar-refractivity contribution is 0.133. The van der Waals surface area contributed by atoms with E-state index >= 15 is 13.2 Å². The van der Waals surface area contributed by atoms with Gasteiger partial charge in [-0.05, 0) is 148 Å². The van der Waals surface area contributed by atoms with Gasteiger partial charge in [0.25, 0.3) is 0 Å². The molecule has 7 nitrogen and oxygen atoms in total. The number of fused-ring (bicyclic) bond motifs is 2. The highest BCUT2D eigenvalue weighted by molar-refractivity contribution is 6.34. The highest BCUT2D eigenvalue weighted by Crippen LogP contribution is 2.52. The second-order valence-corrected chi connectivity index (χ2v) is 21.7. The molecule has 5 N–H and O–H groups in total. The molecular formula is C61H76ClF4N7. The van der Waals surface area contributed by atoms with Crippen molar-refractivity contribution in [3.05, 3.63) is 165 Å². The number of hydrogen-bond acceptors (Lipinski definition) is 6. The van der Waals surface area contributed by atoms with Gasteiger partial charge in [0, 0.05) is 83.0 Å². The van der Waals surface area contributed by atoms with Gasteiger partial charge in [-0.25, -0.2) is 17.6 Å². The fourth-order valence-electron chi connectivity index (χ4n) is 12.6. The van der Waals surface area contributed by atoms with Crippen LogP contribution < -0.4 is 16.8 Å². The molecule has 10 rings (SSSR count). The Morgan fingerprint density at radius 1 is 0.836 bits per heavy atom. The molecule has 2 unspecified atom stereocenters. The number of allylic oxidation sites excluding steroid dienone is 3. The van der Waals surface area contributed by atoms with Gasteiger partial charge in [-0.3, -0.25) is 4.68 Å². The predicted molar refractivity (Wildman–Crippen MR) is 293 cm³/mol. The molecule has 4 fully saturated rings. The van der Waals surface area contributed by atoms with E-state index in [4.69, 9.17) is 23.1 Å². The van der Waals surface area contributed by atoms with E-state index < -0.39 is 23.3 Å². The first-order chi connectivity index (χ1) is 35.0. The minimum atomic E-state index is -0.546.